The Kier molecular flexibility index (Phi) is 7.32. The lowest BCUT2D eigenvalue weighted by Gasteiger charge is -2.15. The van der Waals surface area contributed by atoms with Gasteiger partial charge in [0.05, 0.1) is 4.91 Å². The Labute approximate surface area is 167 Å². The fourth-order valence-corrected chi connectivity index (χ4v) is 3.70. The van der Waals surface area contributed by atoms with E-state index in [2.05, 4.69) is 5.32 Å². The Bertz CT molecular complexity index is 818. The van der Waals surface area contributed by atoms with Gasteiger partial charge in [-0.2, -0.15) is 0 Å². The van der Waals surface area contributed by atoms with Gasteiger partial charge in [0.25, 0.3) is 5.91 Å². The average molecular weight is 405 g/mol. The van der Waals surface area contributed by atoms with E-state index in [0.29, 0.717) is 9.23 Å². The Morgan fingerprint density at radius 1 is 1.33 bits per heavy atom. The van der Waals surface area contributed by atoms with Crippen molar-refractivity contribution in [1.82, 2.24) is 10.2 Å². The number of hydrogen-bond acceptors (Lipinski definition) is 5. The molecule has 1 heterocycles. The molecule has 6 nitrogen and oxygen atoms in total. The smallest absolute Gasteiger partial charge is 0.325 e. The number of aliphatic carboxylic acids is 1. The highest BCUT2D eigenvalue weighted by molar-refractivity contribution is 8.26. The third-order valence-electron chi connectivity index (χ3n) is 3.74. The fourth-order valence-electron chi connectivity index (χ4n) is 2.34. The lowest BCUT2D eigenvalue weighted by molar-refractivity contribution is -0.141. The van der Waals surface area contributed by atoms with Crippen LogP contribution in [0.3, 0.4) is 0 Å². The lowest BCUT2D eigenvalue weighted by atomic mass is 10.1. The van der Waals surface area contributed by atoms with Crippen LogP contribution in [0.1, 0.15) is 25.8 Å². The van der Waals surface area contributed by atoms with Crippen LogP contribution in [0.5, 0.6) is 0 Å². The molecule has 1 aliphatic rings. The van der Waals surface area contributed by atoms with Gasteiger partial charge >= 0.3 is 5.97 Å². The van der Waals surface area contributed by atoms with Crippen molar-refractivity contribution in [2.45, 2.75) is 26.3 Å². The van der Waals surface area contributed by atoms with Crippen LogP contribution in [-0.4, -0.2) is 44.7 Å². The van der Waals surface area contributed by atoms with Crippen LogP contribution in [0, 0.1) is 0 Å². The quantitative estimate of drug-likeness (QED) is 0.537. The van der Waals surface area contributed by atoms with Crippen molar-refractivity contribution in [3.8, 4) is 0 Å². The number of hydrogen-bond donors (Lipinski definition) is 2. The number of thioether (sulfide) groups is 1. The van der Waals surface area contributed by atoms with Crippen molar-refractivity contribution in [2.75, 3.05) is 6.54 Å². The number of thiocarbonyl (C=S) groups is 1. The van der Waals surface area contributed by atoms with Crippen molar-refractivity contribution in [3.05, 3.63) is 52.4 Å². The van der Waals surface area contributed by atoms with Gasteiger partial charge in [0.2, 0.25) is 5.91 Å². The number of rotatable bonds is 7. The van der Waals surface area contributed by atoms with Gasteiger partial charge in [-0.1, -0.05) is 60.4 Å². The third kappa shape index (κ3) is 6.04. The van der Waals surface area contributed by atoms with E-state index in [9.17, 15) is 14.4 Å². The molecule has 2 amide bonds. The molecule has 0 saturated carbocycles. The summed E-state index contributed by atoms with van der Waals surface area (Å²) >= 11 is 6.43. The first-order valence-electron chi connectivity index (χ1n) is 8.29. The SMILES string of the molecule is CC(=C\c1ccccc1)/C=C1/SC(=S)N(CCC(=O)NC(C)C(=O)O)C1=O. The van der Waals surface area contributed by atoms with Gasteiger partial charge in [0.1, 0.15) is 10.4 Å². The van der Waals surface area contributed by atoms with Crippen LogP contribution in [0.15, 0.2) is 46.9 Å². The molecule has 2 rings (SSSR count). The van der Waals surface area contributed by atoms with Crippen molar-refractivity contribution in [2.24, 2.45) is 0 Å². The molecule has 1 atom stereocenters. The molecule has 0 aliphatic carbocycles. The summed E-state index contributed by atoms with van der Waals surface area (Å²) in [6.07, 6.45) is 3.72. The molecule has 2 N–H and O–H groups in total. The van der Waals surface area contributed by atoms with Gasteiger partial charge in [0, 0.05) is 13.0 Å². The van der Waals surface area contributed by atoms with E-state index in [1.54, 1.807) is 6.08 Å². The standard InChI is InChI=1S/C19H20N2O4S2/c1-12(10-14-6-4-3-5-7-14)11-15-17(23)21(19(26)27-15)9-8-16(22)20-13(2)18(24)25/h3-7,10-11,13H,8-9H2,1-2H3,(H,20,22)(H,24,25)/b12-10+,15-11+. The molecule has 1 unspecified atom stereocenters. The number of benzene rings is 1. The van der Waals surface area contributed by atoms with E-state index >= 15 is 0 Å². The van der Waals surface area contributed by atoms with Crippen molar-refractivity contribution in [1.29, 1.82) is 0 Å². The van der Waals surface area contributed by atoms with Gasteiger partial charge in [-0.25, -0.2) is 0 Å². The molecule has 1 fully saturated rings. The second kappa shape index (κ2) is 9.48. The highest BCUT2D eigenvalue weighted by atomic mass is 32.2. The predicted molar refractivity (Wildman–Crippen MR) is 110 cm³/mol. The number of carbonyl (C=O) groups excluding carboxylic acids is 2. The molecule has 0 radical (unpaired) electrons. The molecule has 0 aromatic heterocycles. The van der Waals surface area contributed by atoms with E-state index in [0.717, 1.165) is 11.1 Å². The van der Waals surface area contributed by atoms with Crippen LogP contribution in [0.4, 0.5) is 0 Å². The number of carbonyl (C=O) groups is 3. The zero-order chi connectivity index (χ0) is 20.0. The summed E-state index contributed by atoms with van der Waals surface area (Å²) in [7, 11) is 0. The Morgan fingerprint density at radius 2 is 2.00 bits per heavy atom. The summed E-state index contributed by atoms with van der Waals surface area (Å²) in [5, 5.41) is 11.2. The minimum atomic E-state index is -1.11. The average Bonchev–Trinajstić information content (AvgIpc) is 2.87. The number of nitrogens with one attached hydrogen (secondary N) is 1. The molecule has 0 bridgehead atoms. The Morgan fingerprint density at radius 3 is 2.63 bits per heavy atom. The number of allylic oxidation sites excluding steroid dienone is 2. The molecule has 1 aromatic carbocycles. The molecule has 1 aliphatic heterocycles. The highest BCUT2D eigenvalue weighted by Crippen LogP contribution is 2.32. The van der Waals surface area contributed by atoms with E-state index in [4.69, 9.17) is 17.3 Å². The molecular weight excluding hydrogens is 384 g/mol. The topological polar surface area (TPSA) is 86.7 Å². The van der Waals surface area contributed by atoms with Gasteiger partial charge in [-0.15, -0.1) is 0 Å². The minimum Gasteiger partial charge on any atom is -0.480 e. The van der Waals surface area contributed by atoms with Gasteiger partial charge < -0.3 is 10.4 Å². The molecule has 27 heavy (non-hydrogen) atoms. The number of carboxylic acid groups (broad SMARTS) is 1. The van der Waals surface area contributed by atoms with Crippen LogP contribution in [0.2, 0.25) is 0 Å². The van der Waals surface area contributed by atoms with Crippen molar-refractivity contribution < 1.29 is 19.5 Å². The molecule has 0 spiro atoms. The van der Waals surface area contributed by atoms with Gasteiger partial charge in [0.15, 0.2) is 0 Å². The van der Waals surface area contributed by atoms with Crippen LogP contribution >= 0.6 is 24.0 Å². The van der Waals surface area contributed by atoms with Crippen LogP contribution in [0.25, 0.3) is 6.08 Å². The minimum absolute atomic E-state index is 0.0177. The molecule has 8 heteroatoms. The van der Waals surface area contributed by atoms with Crippen LogP contribution in [-0.2, 0) is 14.4 Å². The number of amides is 2. The maximum atomic E-state index is 12.5. The van der Waals surface area contributed by atoms with Gasteiger partial charge in [-0.05, 0) is 31.1 Å². The summed E-state index contributed by atoms with van der Waals surface area (Å²) in [5.41, 5.74) is 1.95. The van der Waals surface area contributed by atoms with Crippen LogP contribution < -0.4 is 5.32 Å². The van der Waals surface area contributed by atoms with Crippen molar-refractivity contribution in [3.63, 3.8) is 0 Å². The monoisotopic (exact) mass is 404 g/mol. The largest absolute Gasteiger partial charge is 0.480 e. The zero-order valence-electron chi connectivity index (χ0n) is 15.0. The van der Waals surface area contributed by atoms with E-state index in [1.165, 1.54) is 23.6 Å². The first-order valence-corrected chi connectivity index (χ1v) is 9.51. The van der Waals surface area contributed by atoms with Gasteiger partial charge in [-0.3, -0.25) is 19.3 Å². The lowest BCUT2D eigenvalue weighted by Crippen LogP contribution is -2.40. The second-order valence-corrected chi connectivity index (χ2v) is 7.69. The van der Waals surface area contributed by atoms with E-state index in [-0.39, 0.29) is 18.9 Å². The van der Waals surface area contributed by atoms with E-state index in [1.807, 2.05) is 43.3 Å². The third-order valence-corrected chi connectivity index (χ3v) is 5.11. The molecule has 142 valence electrons. The summed E-state index contributed by atoms with van der Waals surface area (Å²) in [5.74, 6) is -1.80. The zero-order valence-corrected chi connectivity index (χ0v) is 16.6. The normalized spacial score (nSPS) is 17.3. The summed E-state index contributed by atoms with van der Waals surface area (Å²) in [6, 6.07) is 8.78. The fraction of sp³-hybridized carbons (Fsp3) is 0.263. The molecular formula is C19H20N2O4S2. The molecule has 1 saturated heterocycles. The second-order valence-electron chi connectivity index (χ2n) is 6.01. The highest BCUT2D eigenvalue weighted by Gasteiger charge is 2.32. The first kappa shape index (κ1) is 20.9. The summed E-state index contributed by atoms with van der Waals surface area (Å²) < 4.78 is 0.387. The van der Waals surface area contributed by atoms with E-state index < -0.39 is 17.9 Å². The number of carboxylic acids is 1. The Balaban J connectivity index is 1.99. The Hall–Kier alpha value is -2.45. The number of nitrogens with zero attached hydrogens (tertiary/aromatic N) is 1. The summed E-state index contributed by atoms with van der Waals surface area (Å²) in [4.78, 5) is 37.0. The van der Waals surface area contributed by atoms with Crippen molar-refractivity contribution >= 4 is 52.2 Å². The molecule has 1 aromatic rings. The maximum Gasteiger partial charge on any atom is 0.325 e. The maximum absolute atomic E-state index is 12.5. The summed E-state index contributed by atoms with van der Waals surface area (Å²) in [6.45, 7) is 3.40. The predicted octanol–water partition coefficient (Wildman–Crippen LogP) is 2.81. The first-order chi connectivity index (χ1) is 12.8.